The quantitative estimate of drug-likeness (QED) is 0.578. The number of carbonyl (C=O) groups is 1. The van der Waals surface area contributed by atoms with Gasteiger partial charge in [-0.25, -0.2) is 9.79 Å². The first-order chi connectivity index (χ1) is 12.7. The standard InChI is InChI=1S/C21H27N3O2/c1-2-3-4-5-6-11-22-21(25)26-18-9-10-19-16(13-18)14-24-17-8-7-15(12-17)20(24)23-19/h7-10,13,15,17H,2-6,11-12,14H2,1H3,(H,22,25). The van der Waals surface area contributed by atoms with Crippen molar-refractivity contribution in [1.82, 2.24) is 10.2 Å². The Morgan fingerprint density at radius 2 is 2.15 bits per heavy atom. The van der Waals surface area contributed by atoms with Gasteiger partial charge in [-0.15, -0.1) is 0 Å². The van der Waals surface area contributed by atoms with Gasteiger partial charge < -0.3 is 15.0 Å². The summed E-state index contributed by atoms with van der Waals surface area (Å²) in [6, 6.07) is 6.23. The molecule has 2 heterocycles. The Morgan fingerprint density at radius 1 is 1.27 bits per heavy atom. The lowest BCUT2D eigenvalue weighted by Gasteiger charge is -2.31. The minimum absolute atomic E-state index is 0.372. The fourth-order valence-electron chi connectivity index (χ4n) is 4.06. The van der Waals surface area contributed by atoms with Crippen molar-refractivity contribution in [3.05, 3.63) is 35.9 Å². The Hall–Kier alpha value is -2.30. The Balaban J connectivity index is 1.31. The predicted octanol–water partition coefficient (Wildman–Crippen LogP) is 4.55. The van der Waals surface area contributed by atoms with E-state index in [-0.39, 0.29) is 6.09 Å². The van der Waals surface area contributed by atoms with Gasteiger partial charge in [0.15, 0.2) is 0 Å². The van der Waals surface area contributed by atoms with Crippen LogP contribution in [0.25, 0.3) is 0 Å². The van der Waals surface area contributed by atoms with E-state index in [0.29, 0.717) is 24.3 Å². The van der Waals surface area contributed by atoms with Gasteiger partial charge in [0, 0.05) is 30.6 Å². The Morgan fingerprint density at radius 3 is 3.04 bits per heavy atom. The second-order valence-electron chi connectivity index (χ2n) is 7.41. The maximum absolute atomic E-state index is 12.0. The van der Waals surface area contributed by atoms with Gasteiger partial charge in [0.25, 0.3) is 0 Å². The number of ether oxygens (including phenoxy) is 1. The molecule has 0 aromatic heterocycles. The highest BCUT2D eigenvalue weighted by Crippen LogP contribution is 2.41. The van der Waals surface area contributed by atoms with Gasteiger partial charge in [-0.3, -0.25) is 0 Å². The number of nitrogens with zero attached hydrogens (tertiary/aromatic N) is 2. The van der Waals surface area contributed by atoms with Crippen molar-refractivity contribution in [2.24, 2.45) is 10.9 Å². The van der Waals surface area contributed by atoms with Crippen LogP contribution in [0.1, 0.15) is 51.0 Å². The summed E-state index contributed by atoms with van der Waals surface area (Å²) in [5, 5.41) is 2.84. The summed E-state index contributed by atoms with van der Waals surface area (Å²) in [4.78, 5) is 19.2. The topological polar surface area (TPSA) is 53.9 Å². The predicted molar refractivity (Wildman–Crippen MR) is 103 cm³/mol. The van der Waals surface area contributed by atoms with Crippen LogP contribution in [0.15, 0.2) is 35.3 Å². The molecule has 1 fully saturated rings. The lowest BCUT2D eigenvalue weighted by Crippen LogP contribution is -2.36. The molecule has 1 aliphatic carbocycles. The summed E-state index contributed by atoms with van der Waals surface area (Å²) >= 11 is 0. The molecule has 138 valence electrons. The monoisotopic (exact) mass is 353 g/mol. The highest BCUT2D eigenvalue weighted by Gasteiger charge is 2.40. The van der Waals surface area contributed by atoms with E-state index < -0.39 is 0 Å². The molecule has 2 unspecified atom stereocenters. The van der Waals surface area contributed by atoms with Crippen molar-refractivity contribution in [3.63, 3.8) is 0 Å². The third-order valence-electron chi connectivity index (χ3n) is 5.47. The number of amides is 1. The minimum atomic E-state index is -0.372. The first kappa shape index (κ1) is 17.1. The second-order valence-corrected chi connectivity index (χ2v) is 7.41. The molecule has 0 spiro atoms. The van der Waals surface area contributed by atoms with Crippen LogP contribution in [-0.2, 0) is 6.54 Å². The number of amidine groups is 1. The summed E-state index contributed by atoms with van der Waals surface area (Å²) in [6.07, 6.45) is 11.2. The van der Waals surface area contributed by atoms with Gasteiger partial charge in [0.1, 0.15) is 11.6 Å². The fraction of sp³-hybridized carbons (Fsp3) is 0.524. The van der Waals surface area contributed by atoms with Gasteiger partial charge in [-0.2, -0.15) is 0 Å². The first-order valence-corrected chi connectivity index (χ1v) is 9.87. The van der Waals surface area contributed by atoms with Crippen LogP contribution in [0.5, 0.6) is 5.75 Å². The third kappa shape index (κ3) is 3.48. The molecule has 1 amide bonds. The SMILES string of the molecule is CCCCCCCNC(=O)Oc1ccc2c(c1)CN1C(=N2)C2C=CC1C2. The number of nitrogens with one attached hydrogen (secondary N) is 1. The number of fused-ring (bicyclic) bond motifs is 6. The lowest BCUT2D eigenvalue weighted by atomic mass is 10.1. The maximum Gasteiger partial charge on any atom is 0.412 e. The van der Waals surface area contributed by atoms with E-state index in [1.54, 1.807) is 0 Å². The fourth-order valence-corrected chi connectivity index (χ4v) is 4.06. The smallest absolute Gasteiger partial charge is 0.410 e. The van der Waals surface area contributed by atoms with Gasteiger partial charge in [-0.1, -0.05) is 44.8 Å². The van der Waals surface area contributed by atoms with Gasteiger partial charge >= 0.3 is 6.09 Å². The van der Waals surface area contributed by atoms with Gasteiger partial charge in [-0.05, 0) is 31.0 Å². The molecule has 0 saturated carbocycles. The number of aliphatic imine (C=N–C) groups is 1. The summed E-state index contributed by atoms with van der Waals surface area (Å²) < 4.78 is 5.45. The van der Waals surface area contributed by atoms with Gasteiger partial charge in [0.2, 0.25) is 0 Å². The number of benzene rings is 1. The molecular weight excluding hydrogens is 326 g/mol. The van der Waals surface area contributed by atoms with Crippen LogP contribution < -0.4 is 10.1 Å². The number of carbonyl (C=O) groups excluding carboxylic acids is 1. The highest BCUT2D eigenvalue weighted by atomic mass is 16.6. The number of rotatable bonds is 7. The van der Waals surface area contributed by atoms with Crippen molar-refractivity contribution in [2.75, 3.05) is 6.54 Å². The first-order valence-electron chi connectivity index (χ1n) is 9.87. The van der Waals surface area contributed by atoms with E-state index in [4.69, 9.17) is 9.73 Å². The molecule has 5 nitrogen and oxygen atoms in total. The Bertz CT molecular complexity index is 741. The number of hydrogen-bond donors (Lipinski definition) is 1. The van der Waals surface area contributed by atoms with E-state index >= 15 is 0 Å². The lowest BCUT2D eigenvalue weighted by molar-refractivity contribution is 0.200. The maximum atomic E-state index is 12.0. The van der Waals surface area contributed by atoms with Crippen LogP contribution in [-0.4, -0.2) is 29.4 Å². The molecule has 4 rings (SSSR count). The number of unbranched alkanes of at least 4 members (excludes halogenated alkanes) is 4. The van der Waals surface area contributed by atoms with Crippen LogP contribution in [0.2, 0.25) is 0 Å². The minimum Gasteiger partial charge on any atom is -0.410 e. The molecule has 2 aliphatic heterocycles. The molecule has 5 heteroatoms. The average Bonchev–Trinajstić information content (AvgIpc) is 3.25. The second kappa shape index (κ2) is 7.52. The Labute approximate surface area is 155 Å². The molecule has 1 saturated heterocycles. The van der Waals surface area contributed by atoms with Crippen LogP contribution in [0.3, 0.4) is 0 Å². The van der Waals surface area contributed by atoms with Crippen molar-refractivity contribution in [2.45, 2.75) is 58.0 Å². The number of hydrogen-bond acceptors (Lipinski definition) is 4. The zero-order valence-electron chi connectivity index (χ0n) is 15.4. The molecule has 1 aromatic rings. The van der Waals surface area contributed by atoms with E-state index in [1.807, 2.05) is 18.2 Å². The van der Waals surface area contributed by atoms with E-state index in [1.165, 1.54) is 25.1 Å². The van der Waals surface area contributed by atoms with Crippen molar-refractivity contribution < 1.29 is 9.53 Å². The third-order valence-corrected chi connectivity index (χ3v) is 5.47. The van der Waals surface area contributed by atoms with E-state index in [0.717, 1.165) is 37.1 Å². The van der Waals surface area contributed by atoms with E-state index in [2.05, 4.69) is 29.3 Å². The van der Waals surface area contributed by atoms with Crippen LogP contribution >= 0.6 is 0 Å². The normalized spacial score (nSPS) is 22.0. The zero-order chi connectivity index (χ0) is 17.9. The largest absolute Gasteiger partial charge is 0.412 e. The molecule has 2 bridgehead atoms. The zero-order valence-corrected chi connectivity index (χ0v) is 15.4. The summed E-state index contributed by atoms with van der Waals surface area (Å²) in [5.41, 5.74) is 2.13. The van der Waals surface area contributed by atoms with E-state index in [9.17, 15) is 4.79 Å². The molecular formula is C21H27N3O2. The molecule has 2 atom stereocenters. The molecule has 1 aromatic carbocycles. The van der Waals surface area contributed by atoms with Crippen LogP contribution in [0.4, 0.5) is 10.5 Å². The van der Waals surface area contributed by atoms with Crippen molar-refractivity contribution in [1.29, 1.82) is 0 Å². The summed E-state index contributed by atoms with van der Waals surface area (Å²) in [6.45, 7) is 3.71. The van der Waals surface area contributed by atoms with Crippen molar-refractivity contribution >= 4 is 17.6 Å². The molecule has 0 radical (unpaired) electrons. The summed E-state index contributed by atoms with van der Waals surface area (Å²) in [5.74, 6) is 2.26. The van der Waals surface area contributed by atoms with Gasteiger partial charge in [0.05, 0.1) is 5.69 Å². The molecule has 26 heavy (non-hydrogen) atoms. The average molecular weight is 353 g/mol. The summed E-state index contributed by atoms with van der Waals surface area (Å²) in [7, 11) is 0. The highest BCUT2D eigenvalue weighted by molar-refractivity contribution is 5.94. The molecule has 3 aliphatic rings. The molecule has 1 N–H and O–H groups in total. The Kier molecular flexibility index (Phi) is 4.96. The van der Waals surface area contributed by atoms with Crippen molar-refractivity contribution in [3.8, 4) is 5.75 Å². The van der Waals surface area contributed by atoms with Crippen LogP contribution in [0, 0.1) is 5.92 Å².